The van der Waals surface area contributed by atoms with Crippen LogP contribution in [0, 0.1) is 0 Å². The molecule has 0 atom stereocenters. The molecule has 0 saturated carbocycles. The molecule has 0 fully saturated rings. The largest absolute Gasteiger partial charge is 0.487 e. The number of aryl methyl sites for hydroxylation is 1. The number of nitrogens with zero attached hydrogens (tertiary/aromatic N) is 2. The molecule has 1 aromatic heterocycles. The van der Waals surface area contributed by atoms with E-state index in [0.29, 0.717) is 0 Å². The van der Waals surface area contributed by atoms with Gasteiger partial charge in [-0.1, -0.05) is 30.4 Å². The zero-order valence-corrected chi connectivity index (χ0v) is 12.9. The Balaban J connectivity index is 1.67. The molecule has 0 unspecified atom stereocenters. The van der Waals surface area contributed by atoms with Crippen molar-refractivity contribution in [2.45, 2.75) is 45.8 Å². The summed E-state index contributed by atoms with van der Waals surface area (Å²) in [6.45, 7) is 7.11. The zero-order valence-electron chi connectivity index (χ0n) is 12.1. The summed E-state index contributed by atoms with van der Waals surface area (Å²) >= 11 is 1.62. The molecule has 0 amide bonds. The lowest BCUT2D eigenvalue weighted by Crippen LogP contribution is -2.24. The first-order valence-corrected chi connectivity index (χ1v) is 7.74. The van der Waals surface area contributed by atoms with Crippen molar-refractivity contribution in [3.05, 3.63) is 34.3 Å². The van der Waals surface area contributed by atoms with Crippen LogP contribution in [0.3, 0.4) is 0 Å². The van der Waals surface area contributed by atoms with E-state index in [9.17, 15) is 0 Å². The van der Waals surface area contributed by atoms with Crippen LogP contribution in [0.25, 0.3) is 0 Å². The molecule has 1 aliphatic heterocycles. The van der Waals surface area contributed by atoms with Crippen LogP contribution in [-0.2, 0) is 19.4 Å². The van der Waals surface area contributed by atoms with Crippen molar-refractivity contribution in [1.82, 2.24) is 10.2 Å². The maximum Gasteiger partial charge on any atom is 0.205 e. The molecule has 0 saturated heterocycles. The lowest BCUT2D eigenvalue weighted by Gasteiger charge is -2.16. The van der Waals surface area contributed by atoms with Crippen molar-refractivity contribution in [1.29, 1.82) is 0 Å². The minimum atomic E-state index is -0.0797. The van der Waals surface area contributed by atoms with Crippen LogP contribution >= 0.6 is 11.3 Å². The number of rotatable bonds is 4. The van der Waals surface area contributed by atoms with Crippen molar-refractivity contribution in [2.75, 3.05) is 5.32 Å². The highest BCUT2D eigenvalue weighted by molar-refractivity contribution is 7.15. The standard InChI is InChI=1S/C15H19N3OS/c1-4-13-17-18-14(20-13)16-9-10-5-6-12-11(7-10)8-15(2,3)19-12/h5-7H,4,8-9H2,1-3H3,(H,16,18). The van der Waals surface area contributed by atoms with E-state index in [-0.39, 0.29) is 5.60 Å². The number of benzene rings is 1. The van der Waals surface area contributed by atoms with Crippen molar-refractivity contribution in [2.24, 2.45) is 0 Å². The summed E-state index contributed by atoms with van der Waals surface area (Å²) in [7, 11) is 0. The fourth-order valence-electron chi connectivity index (χ4n) is 2.42. The van der Waals surface area contributed by atoms with Crippen LogP contribution in [0.1, 0.15) is 36.9 Å². The summed E-state index contributed by atoms with van der Waals surface area (Å²) in [4.78, 5) is 0. The SMILES string of the molecule is CCc1nnc(NCc2ccc3c(c2)CC(C)(C)O3)s1. The number of hydrogen-bond donors (Lipinski definition) is 1. The van der Waals surface area contributed by atoms with Gasteiger partial charge in [-0.3, -0.25) is 0 Å². The second-order valence-electron chi connectivity index (χ2n) is 5.69. The first kappa shape index (κ1) is 13.4. The van der Waals surface area contributed by atoms with Gasteiger partial charge in [-0.2, -0.15) is 0 Å². The van der Waals surface area contributed by atoms with Crippen LogP contribution < -0.4 is 10.1 Å². The van der Waals surface area contributed by atoms with Gasteiger partial charge < -0.3 is 10.1 Å². The molecule has 2 aromatic rings. The van der Waals surface area contributed by atoms with Gasteiger partial charge in [-0.25, -0.2) is 0 Å². The van der Waals surface area contributed by atoms with Crippen molar-refractivity contribution >= 4 is 16.5 Å². The van der Waals surface area contributed by atoms with Gasteiger partial charge in [0.2, 0.25) is 5.13 Å². The van der Waals surface area contributed by atoms with Crippen LogP contribution in [-0.4, -0.2) is 15.8 Å². The summed E-state index contributed by atoms with van der Waals surface area (Å²) in [5.41, 5.74) is 2.46. The van der Waals surface area contributed by atoms with E-state index >= 15 is 0 Å². The van der Waals surface area contributed by atoms with E-state index in [4.69, 9.17) is 4.74 Å². The monoisotopic (exact) mass is 289 g/mol. The minimum Gasteiger partial charge on any atom is -0.487 e. The van der Waals surface area contributed by atoms with E-state index < -0.39 is 0 Å². The van der Waals surface area contributed by atoms with Gasteiger partial charge in [0.15, 0.2) is 0 Å². The molecule has 20 heavy (non-hydrogen) atoms. The number of aromatic nitrogens is 2. The van der Waals surface area contributed by atoms with Gasteiger partial charge in [0.1, 0.15) is 16.4 Å². The summed E-state index contributed by atoms with van der Waals surface area (Å²) in [5.74, 6) is 1.02. The average Bonchev–Trinajstić information content (AvgIpc) is 2.97. The van der Waals surface area contributed by atoms with Crippen molar-refractivity contribution < 1.29 is 4.74 Å². The van der Waals surface area contributed by atoms with Gasteiger partial charge in [-0.05, 0) is 37.5 Å². The smallest absolute Gasteiger partial charge is 0.205 e. The third-order valence-electron chi connectivity index (χ3n) is 3.34. The second-order valence-corrected chi connectivity index (χ2v) is 6.75. The minimum absolute atomic E-state index is 0.0797. The molecule has 0 bridgehead atoms. The van der Waals surface area contributed by atoms with E-state index in [1.807, 2.05) is 0 Å². The molecule has 106 valence electrons. The summed E-state index contributed by atoms with van der Waals surface area (Å²) < 4.78 is 5.89. The number of fused-ring (bicyclic) bond motifs is 1. The topological polar surface area (TPSA) is 47.0 Å². The Labute approximate surface area is 123 Å². The summed E-state index contributed by atoms with van der Waals surface area (Å²) in [6.07, 6.45) is 1.90. The molecule has 4 nitrogen and oxygen atoms in total. The molecule has 3 rings (SSSR count). The number of nitrogens with one attached hydrogen (secondary N) is 1. The van der Waals surface area contributed by atoms with Gasteiger partial charge in [0.25, 0.3) is 0 Å². The number of ether oxygens (including phenoxy) is 1. The van der Waals surface area contributed by atoms with Crippen LogP contribution in [0.2, 0.25) is 0 Å². The molecule has 2 heterocycles. The van der Waals surface area contributed by atoms with E-state index in [0.717, 1.165) is 35.3 Å². The second kappa shape index (κ2) is 5.05. The summed E-state index contributed by atoms with van der Waals surface area (Å²) in [5, 5.41) is 13.5. The van der Waals surface area contributed by atoms with Gasteiger partial charge in [0.05, 0.1) is 0 Å². The van der Waals surface area contributed by atoms with Crippen molar-refractivity contribution in [3.63, 3.8) is 0 Å². The predicted octanol–water partition coefficient (Wildman–Crippen LogP) is 3.43. The van der Waals surface area contributed by atoms with Gasteiger partial charge in [0, 0.05) is 13.0 Å². The van der Waals surface area contributed by atoms with E-state index in [2.05, 4.69) is 54.5 Å². The average molecular weight is 289 g/mol. The molecule has 1 aliphatic rings. The normalized spacial score (nSPS) is 15.8. The third kappa shape index (κ3) is 2.77. The fourth-order valence-corrected chi connectivity index (χ4v) is 3.09. The molecule has 0 spiro atoms. The number of anilines is 1. The van der Waals surface area contributed by atoms with Gasteiger partial charge >= 0.3 is 0 Å². The Bertz CT molecular complexity index is 621. The van der Waals surface area contributed by atoms with Crippen LogP contribution in [0.15, 0.2) is 18.2 Å². The molecule has 0 radical (unpaired) electrons. The Morgan fingerprint density at radius 3 is 2.95 bits per heavy atom. The maximum absolute atomic E-state index is 5.89. The number of hydrogen-bond acceptors (Lipinski definition) is 5. The Morgan fingerprint density at radius 1 is 1.35 bits per heavy atom. The molecule has 5 heteroatoms. The fraction of sp³-hybridized carbons (Fsp3) is 0.467. The van der Waals surface area contributed by atoms with Crippen LogP contribution in [0.5, 0.6) is 5.75 Å². The Hall–Kier alpha value is -1.62. The van der Waals surface area contributed by atoms with E-state index in [1.54, 1.807) is 11.3 Å². The highest BCUT2D eigenvalue weighted by Gasteiger charge is 2.29. The third-order valence-corrected chi connectivity index (χ3v) is 4.37. The molecule has 0 aliphatic carbocycles. The van der Waals surface area contributed by atoms with E-state index in [1.165, 1.54) is 11.1 Å². The summed E-state index contributed by atoms with van der Waals surface area (Å²) in [6, 6.07) is 6.40. The van der Waals surface area contributed by atoms with Crippen LogP contribution in [0.4, 0.5) is 5.13 Å². The molecular weight excluding hydrogens is 270 g/mol. The highest BCUT2D eigenvalue weighted by Crippen LogP contribution is 2.35. The first-order valence-electron chi connectivity index (χ1n) is 6.93. The molecule has 1 N–H and O–H groups in total. The molecule has 1 aromatic carbocycles. The maximum atomic E-state index is 5.89. The lowest BCUT2D eigenvalue weighted by atomic mass is 10.0. The first-order chi connectivity index (χ1) is 9.55. The lowest BCUT2D eigenvalue weighted by molar-refractivity contribution is 0.138. The zero-order chi connectivity index (χ0) is 14.2. The molecular formula is C15H19N3OS. The quantitative estimate of drug-likeness (QED) is 0.936. The Kier molecular flexibility index (Phi) is 3.38. The van der Waals surface area contributed by atoms with Crippen molar-refractivity contribution in [3.8, 4) is 5.75 Å². The highest BCUT2D eigenvalue weighted by atomic mass is 32.1. The predicted molar refractivity (Wildman–Crippen MR) is 81.5 cm³/mol. The Morgan fingerprint density at radius 2 is 2.20 bits per heavy atom. The van der Waals surface area contributed by atoms with Gasteiger partial charge in [-0.15, -0.1) is 10.2 Å².